The fourth-order valence-corrected chi connectivity index (χ4v) is 4.69. The largest absolute Gasteiger partial charge is 0.431 e. The van der Waals surface area contributed by atoms with E-state index in [4.69, 9.17) is 4.42 Å². The number of benzene rings is 1. The van der Waals surface area contributed by atoms with Gasteiger partial charge in [-0.25, -0.2) is 13.4 Å². The number of thioether (sulfide) groups is 1. The van der Waals surface area contributed by atoms with E-state index in [1.54, 1.807) is 12.1 Å². The molecule has 24 heavy (non-hydrogen) atoms. The normalized spacial score (nSPS) is 19.2. The molecular formula is C14H15N3O5S2. The SMILES string of the molecule is O=C(CSc1nc2ccccc2o1)NNC(=O)[C@@H]1CCS(=O)(=O)C1. The number of para-hydroxylation sites is 2. The Balaban J connectivity index is 1.45. The first kappa shape index (κ1) is 16.8. The zero-order valence-electron chi connectivity index (χ0n) is 12.5. The molecule has 1 aliphatic rings. The highest BCUT2D eigenvalue weighted by Gasteiger charge is 2.33. The van der Waals surface area contributed by atoms with Crippen molar-refractivity contribution >= 4 is 44.5 Å². The molecule has 0 bridgehead atoms. The molecule has 1 saturated heterocycles. The van der Waals surface area contributed by atoms with Crippen LogP contribution in [0.4, 0.5) is 0 Å². The number of sulfone groups is 1. The molecule has 2 aromatic rings. The molecule has 1 fully saturated rings. The van der Waals surface area contributed by atoms with E-state index in [9.17, 15) is 18.0 Å². The van der Waals surface area contributed by atoms with E-state index in [0.29, 0.717) is 16.3 Å². The van der Waals surface area contributed by atoms with Crippen molar-refractivity contribution in [2.24, 2.45) is 5.92 Å². The third-order valence-electron chi connectivity index (χ3n) is 3.53. The number of hydrogen-bond donors (Lipinski definition) is 2. The Morgan fingerprint density at radius 1 is 1.29 bits per heavy atom. The van der Waals surface area contributed by atoms with Gasteiger partial charge in [-0.2, -0.15) is 0 Å². The summed E-state index contributed by atoms with van der Waals surface area (Å²) in [5, 5.41) is 0.361. The summed E-state index contributed by atoms with van der Waals surface area (Å²) >= 11 is 1.10. The third-order valence-corrected chi connectivity index (χ3v) is 6.13. The molecule has 0 saturated carbocycles. The molecular weight excluding hydrogens is 354 g/mol. The van der Waals surface area contributed by atoms with Gasteiger partial charge in [0.05, 0.1) is 23.2 Å². The van der Waals surface area contributed by atoms with Crippen LogP contribution < -0.4 is 10.9 Å². The minimum atomic E-state index is -3.14. The Hall–Kier alpha value is -2.07. The molecule has 0 radical (unpaired) electrons. The van der Waals surface area contributed by atoms with E-state index in [1.165, 1.54) is 0 Å². The molecule has 2 amide bonds. The molecule has 0 unspecified atom stereocenters. The summed E-state index contributed by atoms with van der Waals surface area (Å²) in [7, 11) is -3.14. The van der Waals surface area contributed by atoms with Crippen LogP contribution in [0.3, 0.4) is 0 Å². The van der Waals surface area contributed by atoms with E-state index in [2.05, 4.69) is 15.8 Å². The number of aromatic nitrogens is 1. The molecule has 3 rings (SSSR count). The van der Waals surface area contributed by atoms with Gasteiger partial charge in [0.2, 0.25) is 11.8 Å². The molecule has 0 spiro atoms. The van der Waals surface area contributed by atoms with Gasteiger partial charge >= 0.3 is 0 Å². The number of nitrogens with zero attached hydrogens (tertiary/aromatic N) is 1. The monoisotopic (exact) mass is 369 g/mol. The second kappa shape index (κ2) is 6.81. The molecule has 1 aromatic carbocycles. The van der Waals surface area contributed by atoms with Crippen molar-refractivity contribution in [3.63, 3.8) is 0 Å². The maximum Gasteiger partial charge on any atom is 0.257 e. The van der Waals surface area contributed by atoms with Crippen LogP contribution in [0, 0.1) is 5.92 Å². The Morgan fingerprint density at radius 3 is 2.79 bits per heavy atom. The van der Waals surface area contributed by atoms with Crippen LogP contribution in [-0.2, 0) is 19.4 Å². The van der Waals surface area contributed by atoms with Gasteiger partial charge in [-0.3, -0.25) is 20.4 Å². The summed E-state index contributed by atoms with van der Waals surface area (Å²) < 4.78 is 28.1. The number of rotatable bonds is 4. The second-order valence-electron chi connectivity index (χ2n) is 5.37. The van der Waals surface area contributed by atoms with Crippen molar-refractivity contribution in [2.75, 3.05) is 17.3 Å². The Morgan fingerprint density at radius 2 is 2.08 bits per heavy atom. The zero-order valence-corrected chi connectivity index (χ0v) is 14.2. The van der Waals surface area contributed by atoms with Crippen molar-refractivity contribution in [3.8, 4) is 0 Å². The lowest BCUT2D eigenvalue weighted by Crippen LogP contribution is -2.45. The molecule has 0 aliphatic carbocycles. The van der Waals surface area contributed by atoms with Crippen LogP contribution in [0.2, 0.25) is 0 Å². The number of carbonyl (C=O) groups excluding carboxylic acids is 2. The standard InChI is InChI=1S/C14H15N3O5S2/c18-12(16-17-13(19)9-5-6-24(20,21)8-9)7-23-14-15-10-3-1-2-4-11(10)22-14/h1-4,9H,5-8H2,(H,16,18)(H,17,19)/t9-/m1/s1. The van der Waals surface area contributed by atoms with Gasteiger partial charge in [0.25, 0.3) is 5.22 Å². The Kier molecular flexibility index (Phi) is 4.76. The lowest BCUT2D eigenvalue weighted by atomic mass is 10.1. The van der Waals surface area contributed by atoms with Gasteiger partial charge in [0.15, 0.2) is 15.4 Å². The maximum absolute atomic E-state index is 11.8. The fraction of sp³-hybridized carbons (Fsp3) is 0.357. The number of carbonyl (C=O) groups is 2. The molecule has 2 N–H and O–H groups in total. The number of oxazole rings is 1. The van der Waals surface area contributed by atoms with E-state index in [1.807, 2.05) is 12.1 Å². The number of nitrogens with one attached hydrogen (secondary N) is 2. The summed E-state index contributed by atoms with van der Waals surface area (Å²) in [5.74, 6) is -1.69. The van der Waals surface area contributed by atoms with Crippen molar-refractivity contribution < 1.29 is 22.4 Å². The average Bonchev–Trinajstić information content (AvgIpc) is 3.13. The van der Waals surface area contributed by atoms with Gasteiger partial charge in [0, 0.05) is 0 Å². The Labute approximate surface area is 142 Å². The summed E-state index contributed by atoms with van der Waals surface area (Å²) in [6.45, 7) is 0. The molecule has 128 valence electrons. The number of hydrogen-bond acceptors (Lipinski definition) is 7. The van der Waals surface area contributed by atoms with E-state index >= 15 is 0 Å². The van der Waals surface area contributed by atoms with Crippen LogP contribution in [-0.4, -0.2) is 42.5 Å². The van der Waals surface area contributed by atoms with Crippen LogP contribution in [0.1, 0.15) is 6.42 Å². The highest BCUT2D eigenvalue weighted by atomic mass is 32.2. The maximum atomic E-state index is 11.8. The topological polar surface area (TPSA) is 118 Å². The highest BCUT2D eigenvalue weighted by molar-refractivity contribution is 7.99. The molecule has 1 aromatic heterocycles. The smallest absolute Gasteiger partial charge is 0.257 e. The third kappa shape index (κ3) is 4.06. The van der Waals surface area contributed by atoms with Crippen molar-refractivity contribution in [1.82, 2.24) is 15.8 Å². The average molecular weight is 369 g/mol. The number of fused-ring (bicyclic) bond motifs is 1. The van der Waals surface area contributed by atoms with Crippen molar-refractivity contribution in [1.29, 1.82) is 0 Å². The van der Waals surface area contributed by atoms with Crippen molar-refractivity contribution in [3.05, 3.63) is 24.3 Å². The fourth-order valence-electron chi connectivity index (χ4n) is 2.31. The summed E-state index contributed by atoms with van der Waals surface area (Å²) in [4.78, 5) is 27.8. The molecule has 1 atom stereocenters. The minimum Gasteiger partial charge on any atom is -0.431 e. The molecule has 10 heteroatoms. The lowest BCUT2D eigenvalue weighted by molar-refractivity contribution is -0.129. The van der Waals surface area contributed by atoms with Gasteiger partial charge in [-0.1, -0.05) is 23.9 Å². The molecule has 2 heterocycles. The van der Waals surface area contributed by atoms with Gasteiger partial charge in [0.1, 0.15) is 5.52 Å². The quantitative estimate of drug-likeness (QED) is 0.595. The highest BCUT2D eigenvalue weighted by Crippen LogP contribution is 2.22. The molecule has 8 nitrogen and oxygen atoms in total. The predicted molar refractivity (Wildman–Crippen MR) is 87.8 cm³/mol. The Bertz CT molecular complexity index is 844. The van der Waals surface area contributed by atoms with Crippen LogP contribution in [0.5, 0.6) is 0 Å². The number of amides is 2. The van der Waals surface area contributed by atoms with E-state index < -0.39 is 27.6 Å². The second-order valence-corrected chi connectivity index (χ2v) is 8.53. The first-order chi connectivity index (χ1) is 11.4. The van der Waals surface area contributed by atoms with E-state index in [0.717, 1.165) is 11.8 Å². The van der Waals surface area contributed by atoms with Crippen molar-refractivity contribution in [2.45, 2.75) is 11.6 Å². The first-order valence-corrected chi connectivity index (χ1v) is 10.0. The minimum absolute atomic E-state index is 0.00655. The summed E-state index contributed by atoms with van der Waals surface area (Å²) in [5.41, 5.74) is 5.86. The predicted octanol–water partition coefficient (Wildman–Crippen LogP) is 0.502. The van der Waals surface area contributed by atoms with E-state index in [-0.39, 0.29) is 23.7 Å². The lowest BCUT2D eigenvalue weighted by Gasteiger charge is -2.10. The summed E-state index contributed by atoms with van der Waals surface area (Å²) in [6, 6.07) is 7.25. The van der Waals surface area contributed by atoms with Crippen LogP contribution >= 0.6 is 11.8 Å². The summed E-state index contributed by atoms with van der Waals surface area (Å²) in [6.07, 6.45) is 0.279. The molecule has 1 aliphatic heterocycles. The van der Waals surface area contributed by atoms with Crippen LogP contribution in [0.15, 0.2) is 33.9 Å². The van der Waals surface area contributed by atoms with Gasteiger partial charge in [-0.15, -0.1) is 0 Å². The van der Waals surface area contributed by atoms with Gasteiger partial charge in [-0.05, 0) is 18.6 Å². The first-order valence-electron chi connectivity index (χ1n) is 7.20. The number of hydrazine groups is 1. The van der Waals surface area contributed by atoms with Gasteiger partial charge < -0.3 is 4.42 Å². The van der Waals surface area contributed by atoms with Crippen LogP contribution in [0.25, 0.3) is 11.1 Å². The zero-order chi connectivity index (χ0) is 17.2.